The second-order valence-corrected chi connectivity index (χ2v) is 5.14. The van der Waals surface area contributed by atoms with Crippen molar-refractivity contribution in [3.05, 3.63) is 0 Å². The van der Waals surface area contributed by atoms with Crippen molar-refractivity contribution in [3.8, 4) is 0 Å². The molecule has 0 aromatic carbocycles. The molecule has 0 saturated carbocycles. The monoisotopic (exact) mass is 261 g/mol. The standard InChI is InChI=1S/C13H24FNO3/c1-3-15-10-4-5-13(17-7-10)18-11-6-12(14)9(2)16-8-11/h9-13,15H,3-8H2,1-2H3/t9-,10?,11?,12?,13?/m1/s1. The van der Waals surface area contributed by atoms with Gasteiger partial charge in [0.25, 0.3) is 0 Å². The van der Waals surface area contributed by atoms with Crippen molar-refractivity contribution in [2.45, 2.75) is 63.8 Å². The molecule has 0 bridgehead atoms. The summed E-state index contributed by atoms with van der Waals surface area (Å²) in [5.74, 6) is 0. The third-order valence-corrected chi connectivity index (χ3v) is 3.61. The Morgan fingerprint density at radius 2 is 2.11 bits per heavy atom. The largest absolute Gasteiger partial charge is 0.373 e. The van der Waals surface area contributed by atoms with E-state index in [1.807, 2.05) is 0 Å². The van der Waals surface area contributed by atoms with Gasteiger partial charge in [0.2, 0.25) is 0 Å². The molecular formula is C13H24FNO3. The van der Waals surface area contributed by atoms with E-state index in [1.54, 1.807) is 6.92 Å². The highest BCUT2D eigenvalue weighted by Crippen LogP contribution is 2.23. The molecule has 2 saturated heterocycles. The summed E-state index contributed by atoms with van der Waals surface area (Å²) >= 11 is 0. The average molecular weight is 261 g/mol. The van der Waals surface area contributed by atoms with E-state index in [-0.39, 0.29) is 18.5 Å². The number of rotatable bonds is 4. The smallest absolute Gasteiger partial charge is 0.158 e. The molecule has 0 radical (unpaired) electrons. The molecule has 0 amide bonds. The maximum atomic E-state index is 13.5. The summed E-state index contributed by atoms with van der Waals surface area (Å²) in [5, 5.41) is 3.36. The van der Waals surface area contributed by atoms with Crippen LogP contribution in [-0.4, -0.2) is 50.5 Å². The van der Waals surface area contributed by atoms with Gasteiger partial charge in [0.15, 0.2) is 6.29 Å². The number of ether oxygens (including phenoxy) is 3. The van der Waals surface area contributed by atoms with Gasteiger partial charge in [0, 0.05) is 12.5 Å². The van der Waals surface area contributed by atoms with E-state index in [0.29, 0.717) is 25.7 Å². The second kappa shape index (κ2) is 6.80. The van der Waals surface area contributed by atoms with E-state index >= 15 is 0 Å². The quantitative estimate of drug-likeness (QED) is 0.835. The van der Waals surface area contributed by atoms with Crippen LogP contribution in [0, 0.1) is 0 Å². The highest BCUT2D eigenvalue weighted by molar-refractivity contribution is 4.78. The van der Waals surface area contributed by atoms with Crippen molar-refractivity contribution in [2.75, 3.05) is 19.8 Å². The molecule has 0 aliphatic carbocycles. The average Bonchev–Trinajstić information content (AvgIpc) is 2.37. The fraction of sp³-hybridized carbons (Fsp3) is 1.00. The first-order chi connectivity index (χ1) is 8.69. The van der Waals surface area contributed by atoms with Crippen LogP contribution in [0.2, 0.25) is 0 Å². The van der Waals surface area contributed by atoms with E-state index in [2.05, 4.69) is 12.2 Å². The summed E-state index contributed by atoms with van der Waals surface area (Å²) in [6.45, 7) is 5.95. The normalized spacial score (nSPS) is 41.8. The van der Waals surface area contributed by atoms with Crippen molar-refractivity contribution in [1.29, 1.82) is 0 Å². The van der Waals surface area contributed by atoms with Crippen molar-refractivity contribution in [2.24, 2.45) is 0 Å². The van der Waals surface area contributed by atoms with E-state index in [0.717, 1.165) is 19.4 Å². The Morgan fingerprint density at radius 1 is 1.28 bits per heavy atom. The lowest BCUT2D eigenvalue weighted by Gasteiger charge is -2.35. The van der Waals surface area contributed by atoms with Gasteiger partial charge in [-0.25, -0.2) is 4.39 Å². The molecule has 2 heterocycles. The van der Waals surface area contributed by atoms with E-state index in [1.165, 1.54) is 0 Å². The number of halogens is 1. The molecule has 106 valence electrons. The van der Waals surface area contributed by atoms with Crippen LogP contribution in [0.1, 0.15) is 33.1 Å². The lowest BCUT2D eigenvalue weighted by molar-refractivity contribution is -0.223. The topological polar surface area (TPSA) is 39.7 Å². The van der Waals surface area contributed by atoms with Crippen molar-refractivity contribution < 1.29 is 18.6 Å². The van der Waals surface area contributed by atoms with Gasteiger partial charge in [-0.15, -0.1) is 0 Å². The third kappa shape index (κ3) is 3.88. The Bertz CT molecular complexity index is 246. The van der Waals surface area contributed by atoms with Crippen molar-refractivity contribution in [1.82, 2.24) is 5.32 Å². The number of alkyl halides is 1. The van der Waals surface area contributed by atoms with Gasteiger partial charge >= 0.3 is 0 Å². The summed E-state index contributed by atoms with van der Waals surface area (Å²) in [7, 11) is 0. The SMILES string of the molecule is CCNC1CCC(OC2CO[C@H](C)C(F)C2)OC1. The molecule has 4 nitrogen and oxygen atoms in total. The summed E-state index contributed by atoms with van der Waals surface area (Å²) in [4.78, 5) is 0. The van der Waals surface area contributed by atoms with Crippen LogP contribution in [0.5, 0.6) is 0 Å². The van der Waals surface area contributed by atoms with Gasteiger partial charge in [-0.1, -0.05) is 6.92 Å². The predicted molar refractivity (Wildman–Crippen MR) is 66.2 cm³/mol. The lowest BCUT2D eigenvalue weighted by Crippen LogP contribution is -2.44. The van der Waals surface area contributed by atoms with E-state index < -0.39 is 6.17 Å². The zero-order valence-electron chi connectivity index (χ0n) is 11.2. The highest BCUT2D eigenvalue weighted by atomic mass is 19.1. The summed E-state index contributed by atoms with van der Waals surface area (Å²) in [5.41, 5.74) is 0. The van der Waals surface area contributed by atoms with Gasteiger partial charge in [-0.05, 0) is 26.3 Å². The van der Waals surface area contributed by atoms with Crippen LogP contribution in [0.3, 0.4) is 0 Å². The Kier molecular flexibility index (Phi) is 5.36. The molecule has 18 heavy (non-hydrogen) atoms. The molecule has 0 spiro atoms. The number of hydrogen-bond acceptors (Lipinski definition) is 4. The highest BCUT2D eigenvalue weighted by Gasteiger charge is 2.32. The van der Waals surface area contributed by atoms with Gasteiger partial charge < -0.3 is 19.5 Å². The van der Waals surface area contributed by atoms with Gasteiger partial charge in [-0.2, -0.15) is 0 Å². The van der Waals surface area contributed by atoms with Crippen LogP contribution in [0.25, 0.3) is 0 Å². The molecule has 0 aromatic heterocycles. The molecule has 2 aliphatic heterocycles. The van der Waals surface area contributed by atoms with Gasteiger partial charge in [0.05, 0.1) is 25.4 Å². The van der Waals surface area contributed by atoms with E-state index in [4.69, 9.17) is 14.2 Å². The maximum Gasteiger partial charge on any atom is 0.158 e. The Hall–Kier alpha value is -0.230. The Morgan fingerprint density at radius 3 is 2.72 bits per heavy atom. The summed E-state index contributed by atoms with van der Waals surface area (Å²) < 4.78 is 30.2. The first-order valence-corrected chi connectivity index (χ1v) is 6.95. The summed E-state index contributed by atoms with van der Waals surface area (Å²) in [6.07, 6.45) is 0.711. The van der Waals surface area contributed by atoms with Gasteiger partial charge in [0.1, 0.15) is 6.17 Å². The fourth-order valence-corrected chi connectivity index (χ4v) is 2.47. The molecule has 4 unspecified atom stereocenters. The minimum absolute atomic E-state index is 0.170. The summed E-state index contributed by atoms with van der Waals surface area (Å²) in [6, 6.07) is 0.423. The molecule has 0 aromatic rings. The zero-order valence-corrected chi connectivity index (χ0v) is 11.2. The third-order valence-electron chi connectivity index (χ3n) is 3.61. The minimum Gasteiger partial charge on any atom is -0.373 e. The number of hydrogen-bond donors (Lipinski definition) is 1. The maximum absolute atomic E-state index is 13.5. The molecule has 1 N–H and O–H groups in total. The van der Waals surface area contributed by atoms with Gasteiger partial charge in [-0.3, -0.25) is 0 Å². The zero-order chi connectivity index (χ0) is 13.0. The fourth-order valence-electron chi connectivity index (χ4n) is 2.47. The molecule has 5 atom stereocenters. The van der Waals surface area contributed by atoms with E-state index in [9.17, 15) is 4.39 Å². The molecule has 2 aliphatic rings. The predicted octanol–water partition coefficient (Wildman–Crippen LogP) is 1.63. The van der Waals surface area contributed by atoms with Crippen LogP contribution in [0.4, 0.5) is 4.39 Å². The first kappa shape index (κ1) is 14.2. The molecule has 2 fully saturated rings. The Balaban J connectivity index is 1.68. The van der Waals surface area contributed by atoms with Crippen LogP contribution >= 0.6 is 0 Å². The lowest BCUT2D eigenvalue weighted by atomic mass is 10.1. The van der Waals surface area contributed by atoms with Crippen LogP contribution < -0.4 is 5.32 Å². The molecular weight excluding hydrogens is 237 g/mol. The minimum atomic E-state index is -0.929. The van der Waals surface area contributed by atoms with Crippen LogP contribution in [-0.2, 0) is 14.2 Å². The number of nitrogens with one attached hydrogen (secondary N) is 1. The number of likely N-dealkylation sites (N-methyl/N-ethyl adjacent to an activating group) is 1. The molecule has 2 rings (SSSR count). The molecule has 5 heteroatoms. The van der Waals surface area contributed by atoms with Crippen LogP contribution in [0.15, 0.2) is 0 Å². The first-order valence-electron chi connectivity index (χ1n) is 6.95. The van der Waals surface area contributed by atoms with Crippen molar-refractivity contribution in [3.63, 3.8) is 0 Å². The van der Waals surface area contributed by atoms with Crippen molar-refractivity contribution >= 4 is 0 Å². The second-order valence-electron chi connectivity index (χ2n) is 5.14. The Labute approximate surface area is 108 Å².